The van der Waals surface area contributed by atoms with Gasteiger partial charge in [0.05, 0.1) is 12.9 Å². The molecule has 0 bridgehead atoms. The smallest absolute Gasteiger partial charge is 0.375 e. The summed E-state index contributed by atoms with van der Waals surface area (Å²) in [6.45, 7) is 0. The summed E-state index contributed by atoms with van der Waals surface area (Å²) in [6, 6.07) is 0. The molecule has 0 N–H and O–H groups in total. The van der Waals surface area contributed by atoms with Crippen molar-refractivity contribution in [3.05, 3.63) is 0 Å². The largest absolute Gasteiger partial charge is 0.463 e. The second kappa shape index (κ2) is 3.49. The molecule has 0 heterocycles. The van der Waals surface area contributed by atoms with Crippen molar-refractivity contribution in [1.82, 2.24) is 0 Å². The van der Waals surface area contributed by atoms with Gasteiger partial charge >= 0.3 is 5.97 Å². The lowest BCUT2D eigenvalue weighted by atomic mass is 10.5. The molecule has 0 aliphatic carbocycles. The summed E-state index contributed by atoms with van der Waals surface area (Å²) in [5.41, 5.74) is 0. The van der Waals surface area contributed by atoms with Gasteiger partial charge in [0.25, 0.3) is 0 Å². The Morgan fingerprint density at radius 3 is 2.25 bits per heavy atom. The number of hydrogen-bond acceptors (Lipinski definition) is 4. The summed E-state index contributed by atoms with van der Waals surface area (Å²) < 4.78 is 4.07. The molecule has 0 saturated carbocycles. The standard InChI is InChI=1S/C4H6O3S/c1-7-4(6)3(5)2-8/h8H,2H2,1H3. The van der Waals surface area contributed by atoms with Gasteiger partial charge in [0.1, 0.15) is 0 Å². The zero-order valence-corrected chi connectivity index (χ0v) is 5.27. The third-order valence-electron chi connectivity index (χ3n) is 0.557. The first-order valence-corrected chi connectivity index (χ1v) is 2.57. The number of rotatable bonds is 2. The van der Waals surface area contributed by atoms with Gasteiger partial charge in [-0.15, -0.1) is 0 Å². The quantitative estimate of drug-likeness (QED) is 0.319. The minimum absolute atomic E-state index is 0.0906. The average Bonchev–Trinajstić information content (AvgIpc) is 1.84. The number of carbonyl (C=O) groups excluding carboxylic acids is 2. The average molecular weight is 134 g/mol. The monoisotopic (exact) mass is 134 g/mol. The van der Waals surface area contributed by atoms with Gasteiger partial charge in [-0.1, -0.05) is 0 Å². The topological polar surface area (TPSA) is 43.4 Å². The third kappa shape index (κ3) is 1.97. The molecule has 0 amide bonds. The molecule has 8 heavy (non-hydrogen) atoms. The minimum Gasteiger partial charge on any atom is -0.463 e. The summed E-state index contributed by atoms with van der Waals surface area (Å²) in [7, 11) is 1.16. The van der Waals surface area contributed by atoms with Gasteiger partial charge in [-0.25, -0.2) is 4.79 Å². The van der Waals surface area contributed by atoms with E-state index in [0.29, 0.717) is 0 Å². The zero-order valence-electron chi connectivity index (χ0n) is 4.38. The van der Waals surface area contributed by atoms with E-state index in [1.54, 1.807) is 0 Å². The number of methoxy groups -OCH3 is 1. The Hall–Kier alpha value is -0.510. The molecule has 0 spiro atoms. The first kappa shape index (κ1) is 7.49. The highest BCUT2D eigenvalue weighted by atomic mass is 32.1. The van der Waals surface area contributed by atoms with E-state index in [2.05, 4.69) is 17.4 Å². The Bertz CT molecular complexity index is 95.9. The van der Waals surface area contributed by atoms with Crippen molar-refractivity contribution in [2.24, 2.45) is 0 Å². The van der Waals surface area contributed by atoms with Gasteiger partial charge in [0, 0.05) is 0 Å². The number of hydrogen-bond donors (Lipinski definition) is 1. The maximum atomic E-state index is 10.2. The van der Waals surface area contributed by atoms with E-state index < -0.39 is 11.8 Å². The van der Waals surface area contributed by atoms with Gasteiger partial charge in [0.2, 0.25) is 5.78 Å². The molecule has 0 aromatic rings. The van der Waals surface area contributed by atoms with E-state index in [9.17, 15) is 9.59 Å². The van der Waals surface area contributed by atoms with Crippen LogP contribution in [0, 0.1) is 0 Å². The van der Waals surface area contributed by atoms with Gasteiger partial charge in [-0.2, -0.15) is 12.6 Å². The first-order valence-electron chi connectivity index (χ1n) is 1.94. The van der Waals surface area contributed by atoms with Crippen molar-refractivity contribution < 1.29 is 14.3 Å². The second-order valence-corrected chi connectivity index (χ2v) is 1.39. The Morgan fingerprint density at radius 2 is 2.12 bits per heavy atom. The molecule has 0 aromatic heterocycles. The van der Waals surface area contributed by atoms with Crippen LogP contribution < -0.4 is 0 Å². The molecule has 0 aromatic carbocycles. The number of ether oxygens (including phenoxy) is 1. The van der Waals surface area contributed by atoms with Crippen LogP contribution in [0.15, 0.2) is 0 Å². The van der Waals surface area contributed by atoms with Gasteiger partial charge in [0.15, 0.2) is 0 Å². The maximum Gasteiger partial charge on any atom is 0.375 e. The molecule has 0 fully saturated rings. The van der Waals surface area contributed by atoms with E-state index in [1.165, 1.54) is 0 Å². The highest BCUT2D eigenvalue weighted by Crippen LogP contribution is 1.80. The van der Waals surface area contributed by atoms with E-state index >= 15 is 0 Å². The molecular weight excluding hydrogens is 128 g/mol. The van der Waals surface area contributed by atoms with Crippen molar-refractivity contribution in [2.45, 2.75) is 0 Å². The summed E-state index contributed by atoms with van der Waals surface area (Å²) in [5, 5.41) is 0. The molecule has 0 aliphatic rings. The fraction of sp³-hybridized carbons (Fsp3) is 0.500. The number of esters is 1. The van der Waals surface area contributed by atoms with Crippen LogP contribution in [-0.2, 0) is 14.3 Å². The lowest BCUT2D eigenvalue weighted by Gasteiger charge is -1.90. The number of ketones is 1. The lowest BCUT2D eigenvalue weighted by Crippen LogP contribution is -2.16. The molecule has 0 aliphatic heterocycles. The van der Waals surface area contributed by atoms with Crippen LogP contribution in [0.1, 0.15) is 0 Å². The van der Waals surface area contributed by atoms with Crippen LogP contribution in [0.4, 0.5) is 0 Å². The van der Waals surface area contributed by atoms with Crippen molar-refractivity contribution in [2.75, 3.05) is 12.9 Å². The van der Waals surface area contributed by atoms with Crippen LogP contribution in [0.25, 0.3) is 0 Å². The molecule has 4 heteroatoms. The van der Waals surface area contributed by atoms with Crippen molar-refractivity contribution in [1.29, 1.82) is 0 Å². The molecular formula is C4H6O3S. The van der Waals surface area contributed by atoms with Crippen LogP contribution >= 0.6 is 12.6 Å². The lowest BCUT2D eigenvalue weighted by molar-refractivity contribution is -0.150. The molecule has 46 valence electrons. The van der Waals surface area contributed by atoms with E-state index in [4.69, 9.17) is 0 Å². The normalized spacial score (nSPS) is 8.25. The number of Topliss-reactive ketones (excluding diaryl/α,β-unsaturated/α-hetero) is 1. The Morgan fingerprint density at radius 1 is 1.62 bits per heavy atom. The first-order chi connectivity index (χ1) is 3.72. The fourth-order valence-corrected chi connectivity index (χ4v) is 0.307. The molecule has 0 saturated heterocycles. The second-order valence-electron chi connectivity index (χ2n) is 1.07. The molecule has 0 atom stereocenters. The summed E-state index contributed by atoms with van der Waals surface area (Å²) in [5.74, 6) is -1.54. The molecule has 0 radical (unpaired) electrons. The number of carbonyl (C=O) groups is 2. The van der Waals surface area contributed by atoms with Crippen LogP contribution in [0.3, 0.4) is 0 Å². The predicted molar refractivity (Wildman–Crippen MR) is 30.9 cm³/mol. The van der Waals surface area contributed by atoms with Gasteiger partial charge in [-0.3, -0.25) is 4.79 Å². The maximum absolute atomic E-state index is 10.2. The Kier molecular flexibility index (Phi) is 3.26. The highest BCUT2D eigenvalue weighted by molar-refractivity contribution is 7.81. The summed E-state index contributed by atoms with van der Waals surface area (Å²) in [4.78, 5) is 20.3. The van der Waals surface area contributed by atoms with Crippen molar-refractivity contribution in [3.63, 3.8) is 0 Å². The van der Waals surface area contributed by atoms with Gasteiger partial charge in [-0.05, 0) is 0 Å². The van der Waals surface area contributed by atoms with E-state index in [0.717, 1.165) is 7.11 Å². The zero-order chi connectivity index (χ0) is 6.57. The van der Waals surface area contributed by atoms with Crippen molar-refractivity contribution in [3.8, 4) is 0 Å². The number of thiol groups is 1. The van der Waals surface area contributed by atoms with Crippen LogP contribution in [-0.4, -0.2) is 24.6 Å². The molecule has 0 unspecified atom stereocenters. The fourth-order valence-electron chi connectivity index (χ4n) is 0.178. The van der Waals surface area contributed by atoms with Gasteiger partial charge < -0.3 is 4.74 Å². The Labute approximate surface area is 52.4 Å². The van der Waals surface area contributed by atoms with Crippen LogP contribution in [0.2, 0.25) is 0 Å². The molecule has 3 nitrogen and oxygen atoms in total. The summed E-state index contributed by atoms with van der Waals surface area (Å²) in [6.07, 6.45) is 0. The highest BCUT2D eigenvalue weighted by Gasteiger charge is 2.09. The van der Waals surface area contributed by atoms with E-state index in [-0.39, 0.29) is 5.75 Å². The predicted octanol–water partition coefficient (Wildman–Crippen LogP) is -0.342. The minimum atomic E-state index is -0.833. The SMILES string of the molecule is COC(=O)C(=O)CS. The van der Waals surface area contributed by atoms with E-state index in [1.807, 2.05) is 0 Å². The third-order valence-corrected chi connectivity index (χ3v) is 0.844. The Balaban J connectivity index is 3.64. The summed E-state index contributed by atoms with van der Waals surface area (Å²) >= 11 is 3.56. The van der Waals surface area contributed by atoms with Crippen molar-refractivity contribution >= 4 is 24.4 Å². The molecule has 0 rings (SSSR count). The van der Waals surface area contributed by atoms with Crippen LogP contribution in [0.5, 0.6) is 0 Å².